The molecule has 1 saturated heterocycles. The Bertz CT molecular complexity index is 1350. The van der Waals surface area contributed by atoms with E-state index in [1.165, 1.54) is 12.1 Å². The van der Waals surface area contributed by atoms with Crippen LogP contribution in [0.4, 0.5) is 10.1 Å². The van der Waals surface area contributed by atoms with E-state index in [9.17, 15) is 14.3 Å². The van der Waals surface area contributed by atoms with Crippen molar-refractivity contribution in [3.8, 4) is 11.1 Å². The van der Waals surface area contributed by atoms with E-state index in [1.807, 2.05) is 34.6 Å². The monoisotopic (exact) mass is 561 g/mol. The van der Waals surface area contributed by atoms with Gasteiger partial charge >= 0.3 is 5.97 Å². The van der Waals surface area contributed by atoms with Crippen LogP contribution in [0, 0.1) is 25.1 Å². The maximum absolute atomic E-state index is 13.2. The maximum atomic E-state index is 13.2. The van der Waals surface area contributed by atoms with Gasteiger partial charge < -0.3 is 20.1 Å². The first-order valence-corrected chi connectivity index (χ1v) is 14.5. The number of carboxylic acids is 1. The summed E-state index contributed by atoms with van der Waals surface area (Å²) < 4.78 is 19.4. The third kappa shape index (κ3) is 7.72. The summed E-state index contributed by atoms with van der Waals surface area (Å²) in [5.41, 5.74) is 6.80. The van der Waals surface area contributed by atoms with Crippen molar-refractivity contribution in [1.29, 1.82) is 0 Å². The minimum absolute atomic E-state index is 0.235. The van der Waals surface area contributed by atoms with Gasteiger partial charge in [-0.3, -0.25) is 4.98 Å². The van der Waals surface area contributed by atoms with E-state index in [1.54, 1.807) is 12.1 Å². The van der Waals surface area contributed by atoms with Crippen molar-refractivity contribution in [1.82, 2.24) is 10.3 Å². The number of carbonyl (C=O) groups is 1. The summed E-state index contributed by atoms with van der Waals surface area (Å²) in [6.07, 6.45) is 0.896. The van der Waals surface area contributed by atoms with Gasteiger partial charge in [0.15, 0.2) is 6.10 Å². The molecule has 1 aromatic heterocycles. The van der Waals surface area contributed by atoms with Gasteiger partial charge in [-0.15, -0.1) is 0 Å². The van der Waals surface area contributed by atoms with Crippen LogP contribution in [0.5, 0.6) is 0 Å². The van der Waals surface area contributed by atoms with E-state index >= 15 is 0 Å². The Morgan fingerprint density at radius 2 is 1.54 bits per heavy atom. The van der Waals surface area contributed by atoms with E-state index in [0.29, 0.717) is 24.3 Å². The van der Waals surface area contributed by atoms with Crippen LogP contribution in [0.2, 0.25) is 0 Å². The number of halogens is 1. The van der Waals surface area contributed by atoms with Crippen LogP contribution in [-0.2, 0) is 22.6 Å². The molecular weight excluding hydrogens is 517 g/mol. The van der Waals surface area contributed by atoms with E-state index in [2.05, 4.69) is 48.3 Å². The summed E-state index contributed by atoms with van der Waals surface area (Å²) in [5, 5.41) is 13.8. The summed E-state index contributed by atoms with van der Waals surface area (Å²) in [6, 6.07) is 14.9. The van der Waals surface area contributed by atoms with Crippen LogP contribution in [0.15, 0.2) is 48.5 Å². The first kappa shape index (κ1) is 30.7. The average Bonchev–Trinajstić information content (AvgIpc) is 2.88. The second kappa shape index (κ2) is 12.3. The zero-order chi connectivity index (χ0) is 29.9. The highest BCUT2D eigenvalue weighted by atomic mass is 19.1. The average molecular weight is 562 g/mol. The van der Waals surface area contributed by atoms with Crippen molar-refractivity contribution in [3.63, 3.8) is 0 Å². The molecule has 0 bridgehead atoms. The smallest absolute Gasteiger partial charge is 0.337 e. The zero-order valence-corrected chi connectivity index (χ0v) is 25.5. The number of nitrogens with one attached hydrogen (secondary N) is 1. The number of ether oxygens (including phenoxy) is 1. The van der Waals surface area contributed by atoms with E-state index in [0.717, 1.165) is 59.6 Å². The highest BCUT2D eigenvalue weighted by Crippen LogP contribution is 2.44. The Morgan fingerprint density at radius 3 is 2.05 bits per heavy atom. The Hall–Kier alpha value is -3.29. The fraction of sp³-hybridized carbons (Fsp3) is 0.471. The first-order valence-electron chi connectivity index (χ1n) is 14.5. The van der Waals surface area contributed by atoms with E-state index in [4.69, 9.17) is 9.72 Å². The van der Waals surface area contributed by atoms with Gasteiger partial charge in [0.25, 0.3) is 0 Å². The Kier molecular flexibility index (Phi) is 9.19. The number of rotatable bonds is 9. The fourth-order valence-electron chi connectivity index (χ4n) is 5.50. The van der Waals surface area contributed by atoms with Crippen molar-refractivity contribution in [2.24, 2.45) is 5.41 Å². The highest BCUT2D eigenvalue weighted by Gasteiger charge is 2.36. The molecule has 0 spiro atoms. The SMILES string of the molecule is Cc1nc(C)c([C@H](OC(C)(C)C)C(=O)O)c(N2CCC(C)(C)CC2)c1-c1ccc(CNCc2ccc(F)cc2)cc1. The van der Waals surface area contributed by atoms with Gasteiger partial charge in [-0.1, -0.05) is 50.2 Å². The van der Waals surface area contributed by atoms with Crippen molar-refractivity contribution in [2.45, 2.75) is 86.1 Å². The number of aryl methyl sites for hydroxylation is 2. The summed E-state index contributed by atoms with van der Waals surface area (Å²) >= 11 is 0. The highest BCUT2D eigenvalue weighted by molar-refractivity contribution is 5.88. The van der Waals surface area contributed by atoms with Crippen molar-refractivity contribution < 1.29 is 19.0 Å². The number of aliphatic carboxylic acids is 1. The van der Waals surface area contributed by atoms with Crippen LogP contribution < -0.4 is 10.2 Å². The lowest BCUT2D eigenvalue weighted by atomic mass is 9.81. The molecule has 0 aliphatic carbocycles. The number of nitrogens with zero attached hydrogens (tertiary/aromatic N) is 2. The molecule has 41 heavy (non-hydrogen) atoms. The van der Waals surface area contributed by atoms with Gasteiger partial charge in [0, 0.05) is 48.7 Å². The molecule has 2 heterocycles. The summed E-state index contributed by atoms with van der Waals surface area (Å²) in [4.78, 5) is 19.9. The molecule has 2 aromatic carbocycles. The molecule has 1 aliphatic heterocycles. The summed E-state index contributed by atoms with van der Waals surface area (Å²) in [6.45, 7) is 17.1. The van der Waals surface area contributed by atoms with Crippen molar-refractivity contribution in [2.75, 3.05) is 18.0 Å². The van der Waals surface area contributed by atoms with Gasteiger partial charge in [0.1, 0.15) is 5.82 Å². The van der Waals surface area contributed by atoms with Crippen LogP contribution in [0.3, 0.4) is 0 Å². The van der Waals surface area contributed by atoms with Gasteiger partial charge in [0.05, 0.1) is 11.3 Å². The molecule has 1 aliphatic rings. The quantitative estimate of drug-likeness (QED) is 0.284. The number of hydrogen-bond acceptors (Lipinski definition) is 5. The first-order chi connectivity index (χ1) is 19.2. The standard InChI is InChI=1S/C34H44FN3O3/c1-22-28(26-12-8-24(9-13-26)20-36-21-25-10-14-27(35)15-11-25)30(38-18-16-34(6,7)17-19-38)29(23(2)37-22)31(32(39)40)41-33(3,4)5/h8-15,31,36H,16-21H2,1-7H3,(H,39,40)/t31-/m0/s1. The molecule has 0 amide bonds. The molecule has 0 radical (unpaired) electrons. The van der Waals surface area contributed by atoms with Gasteiger partial charge in [0.2, 0.25) is 0 Å². The third-order valence-corrected chi connectivity index (χ3v) is 7.78. The molecule has 0 unspecified atom stereocenters. The van der Waals surface area contributed by atoms with Gasteiger partial charge in [-0.25, -0.2) is 9.18 Å². The number of anilines is 1. The van der Waals surface area contributed by atoms with E-state index in [-0.39, 0.29) is 11.2 Å². The Labute approximate surface area is 244 Å². The van der Waals surface area contributed by atoms with Crippen LogP contribution in [0.1, 0.15) is 81.6 Å². The number of aromatic nitrogens is 1. The second-order valence-corrected chi connectivity index (χ2v) is 12.9. The van der Waals surface area contributed by atoms with E-state index < -0.39 is 17.7 Å². The molecule has 1 atom stereocenters. The molecule has 6 nitrogen and oxygen atoms in total. The van der Waals surface area contributed by atoms with Gasteiger partial charge in [-0.2, -0.15) is 0 Å². The molecule has 7 heteroatoms. The molecule has 1 fully saturated rings. The number of benzene rings is 2. The summed E-state index contributed by atoms with van der Waals surface area (Å²) in [5.74, 6) is -1.25. The lowest BCUT2D eigenvalue weighted by Crippen LogP contribution is -2.39. The number of pyridine rings is 1. The third-order valence-electron chi connectivity index (χ3n) is 7.78. The van der Waals surface area contributed by atoms with Crippen molar-refractivity contribution >= 4 is 11.7 Å². The molecule has 220 valence electrons. The zero-order valence-electron chi connectivity index (χ0n) is 25.5. The van der Waals surface area contributed by atoms with Crippen LogP contribution in [-0.4, -0.2) is 34.8 Å². The van der Waals surface area contributed by atoms with Gasteiger partial charge in [-0.05, 0) is 81.7 Å². The van der Waals surface area contributed by atoms with Crippen molar-refractivity contribution in [3.05, 3.63) is 82.4 Å². The molecule has 4 rings (SSSR count). The maximum Gasteiger partial charge on any atom is 0.337 e. The lowest BCUT2D eigenvalue weighted by molar-refractivity contribution is -0.160. The summed E-state index contributed by atoms with van der Waals surface area (Å²) in [7, 11) is 0. The van der Waals surface area contributed by atoms with Crippen LogP contribution in [0.25, 0.3) is 11.1 Å². The lowest BCUT2D eigenvalue weighted by Gasteiger charge is -2.41. The predicted molar refractivity (Wildman–Crippen MR) is 163 cm³/mol. The number of piperidine rings is 1. The fourth-order valence-corrected chi connectivity index (χ4v) is 5.50. The molecule has 2 N–H and O–H groups in total. The normalized spacial score (nSPS) is 16.0. The Morgan fingerprint density at radius 1 is 1.00 bits per heavy atom. The molecule has 0 saturated carbocycles. The topological polar surface area (TPSA) is 74.7 Å². The number of hydrogen-bond donors (Lipinski definition) is 2. The van der Waals surface area contributed by atoms with Crippen LogP contribution >= 0.6 is 0 Å². The molecule has 3 aromatic rings. The molecular formula is C34H44FN3O3. The number of carboxylic acid groups (broad SMARTS) is 1. The second-order valence-electron chi connectivity index (χ2n) is 12.9. The largest absolute Gasteiger partial charge is 0.479 e. The predicted octanol–water partition coefficient (Wildman–Crippen LogP) is 7.36. The minimum Gasteiger partial charge on any atom is -0.479 e. The Balaban J connectivity index is 1.71. The minimum atomic E-state index is -1.14.